The van der Waals surface area contributed by atoms with Gasteiger partial charge in [-0.3, -0.25) is 9.59 Å². The molecule has 0 spiro atoms. The van der Waals surface area contributed by atoms with Gasteiger partial charge in [-0.05, 0) is 33.6 Å². The van der Waals surface area contributed by atoms with Gasteiger partial charge in [-0.15, -0.1) is 0 Å². The zero-order valence-corrected chi connectivity index (χ0v) is 18.4. The third-order valence-electron chi connectivity index (χ3n) is 4.23. The summed E-state index contributed by atoms with van der Waals surface area (Å²) in [5.41, 5.74) is -0.718. The molecule has 0 aromatic rings. The molecule has 3 atom stereocenters. The standard InChI is InChI=1S/C20H34N2O8/c1-13-10-16(23)14(22-19(26)30-20(2,3)4)11-28-8-6-7-9-29-12-15(18(25)27-5)21-17(13)24/h13-15H,6-12H2,1-5H3,(H,21,24)(H,22,26)/t13-,14+,15+/m1/s1. The van der Waals surface area contributed by atoms with Crippen LogP contribution in [0.1, 0.15) is 47.0 Å². The number of esters is 1. The van der Waals surface area contributed by atoms with Gasteiger partial charge in [-0.2, -0.15) is 0 Å². The Bertz CT molecular complexity index is 602. The molecule has 172 valence electrons. The lowest BCUT2D eigenvalue weighted by molar-refractivity contribution is -0.147. The number of nitrogens with one attached hydrogen (secondary N) is 2. The average molecular weight is 430 g/mol. The Kier molecular flexibility index (Phi) is 10.8. The number of amides is 2. The number of carbonyl (C=O) groups excluding carboxylic acids is 4. The molecule has 1 heterocycles. The molecule has 0 unspecified atom stereocenters. The second-order valence-electron chi connectivity index (χ2n) is 8.21. The van der Waals surface area contributed by atoms with E-state index in [9.17, 15) is 19.2 Å². The largest absolute Gasteiger partial charge is 0.467 e. The lowest BCUT2D eigenvalue weighted by Gasteiger charge is -2.24. The van der Waals surface area contributed by atoms with Crippen molar-refractivity contribution in [3.8, 4) is 0 Å². The van der Waals surface area contributed by atoms with Crippen LogP contribution in [0.5, 0.6) is 0 Å². The summed E-state index contributed by atoms with van der Waals surface area (Å²) >= 11 is 0. The third kappa shape index (κ3) is 10.0. The van der Waals surface area contributed by atoms with Gasteiger partial charge in [0.1, 0.15) is 11.6 Å². The summed E-state index contributed by atoms with van der Waals surface area (Å²) in [4.78, 5) is 49.2. The fraction of sp³-hybridized carbons (Fsp3) is 0.800. The molecule has 0 saturated carbocycles. The summed E-state index contributed by atoms with van der Waals surface area (Å²) in [5, 5.41) is 5.08. The minimum absolute atomic E-state index is 0.0250. The molecule has 0 aromatic carbocycles. The van der Waals surface area contributed by atoms with Crippen LogP contribution in [0.15, 0.2) is 0 Å². The molecule has 0 aliphatic carbocycles. The molecule has 1 saturated heterocycles. The van der Waals surface area contributed by atoms with Crippen molar-refractivity contribution in [2.45, 2.75) is 64.6 Å². The van der Waals surface area contributed by atoms with E-state index in [1.54, 1.807) is 27.7 Å². The summed E-state index contributed by atoms with van der Waals surface area (Å²) in [6, 6.07) is -1.91. The van der Waals surface area contributed by atoms with E-state index in [0.29, 0.717) is 26.1 Å². The molecule has 2 N–H and O–H groups in total. The van der Waals surface area contributed by atoms with Gasteiger partial charge in [-0.1, -0.05) is 6.92 Å². The van der Waals surface area contributed by atoms with Crippen LogP contribution in [-0.2, 0) is 33.3 Å². The highest BCUT2D eigenvalue weighted by atomic mass is 16.6. The first-order valence-corrected chi connectivity index (χ1v) is 10.1. The summed E-state index contributed by atoms with van der Waals surface area (Å²) in [6.45, 7) is 7.40. The van der Waals surface area contributed by atoms with Crippen LogP contribution in [0.2, 0.25) is 0 Å². The monoisotopic (exact) mass is 430 g/mol. The van der Waals surface area contributed by atoms with Gasteiger partial charge in [0, 0.05) is 25.6 Å². The van der Waals surface area contributed by atoms with Crippen molar-refractivity contribution >= 4 is 23.8 Å². The van der Waals surface area contributed by atoms with E-state index in [0.717, 1.165) is 0 Å². The quantitative estimate of drug-likeness (QED) is 0.620. The van der Waals surface area contributed by atoms with Crippen molar-refractivity contribution in [2.75, 3.05) is 33.5 Å². The van der Waals surface area contributed by atoms with Crippen molar-refractivity contribution in [1.82, 2.24) is 10.6 Å². The van der Waals surface area contributed by atoms with Gasteiger partial charge < -0.3 is 29.6 Å². The second-order valence-corrected chi connectivity index (χ2v) is 8.21. The Morgan fingerprint density at radius 2 is 1.70 bits per heavy atom. The number of hydrogen-bond donors (Lipinski definition) is 2. The van der Waals surface area contributed by atoms with Gasteiger partial charge in [0.05, 0.1) is 20.3 Å². The third-order valence-corrected chi connectivity index (χ3v) is 4.23. The Morgan fingerprint density at radius 3 is 2.27 bits per heavy atom. The van der Waals surface area contributed by atoms with E-state index in [-0.39, 0.29) is 25.4 Å². The molecule has 10 nitrogen and oxygen atoms in total. The molecule has 1 rings (SSSR count). The molecular weight excluding hydrogens is 396 g/mol. The van der Waals surface area contributed by atoms with Crippen LogP contribution in [0, 0.1) is 5.92 Å². The maximum atomic E-state index is 12.7. The minimum Gasteiger partial charge on any atom is -0.467 e. The molecule has 0 bridgehead atoms. The fourth-order valence-electron chi connectivity index (χ4n) is 2.64. The van der Waals surface area contributed by atoms with E-state index >= 15 is 0 Å². The first kappa shape index (κ1) is 25.8. The van der Waals surface area contributed by atoms with Crippen LogP contribution >= 0.6 is 0 Å². The average Bonchev–Trinajstić information content (AvgIpc) is 2.65. The van der Waals surface area contributed by atoms with Crippen molar-refractivity contribution < 1.29 is 38.1 Å². The molecule has 2 amide bonds. The highest BCUT2D eigenvalue weighted by molar-refractivity contribution is 5.92. The Labute approximate surface area is 177 Å². The summed E-state index contributed by atoms with van der Waals surface area (Å²) in [5.74, 6) is -2.23. The Morgan fingerprint density at radius 1 is 1.10 bits per heavy atom. The first-order chi connectivity index (χ1) is 14.0. The second kappa shape index (κ2) is 12.5. The lowest BCUT2D eigenvalue weighted by Crippen LogP contribution is -2.49. The number of carbonyl (C=O) groups is 4. The molecule has 30 heavy (non-hydrogen) atoms. The number of ketones is 1. The normalized spacial score (nSPS) is 25.3. The molecule has 0 aromatic heterocycles. The molecular formula is C20H34N2O8. The summed E-state index contributed by atoms with van der Waals surface area (Å²) in [6.07, 6.45) is 0.443. The maximum Gasteiger partial charge on any atom is 0.408 e. The van der Waals surface area contributed by atoms with Crippen LogP contribution in [0.3, 0.4) is 0 Å². The van der Waals surface area contributed by atoms with Gasteiger partial charge >= 0.3 is 12.1 Å². The first-order valence-electron chi connectivity index (χ1n) is 10.1. The topological polar surface area (TPSA) is 129 Å². The Hall–Kier alpha value is -2.20. The highest BCUT2D eigenvalue weighted by Gasteiger charge is 2.29. The predicted molar refractivity (Wildman–Crippen MR) is 107 cm³/mol. The molecule has 10 heteroatoms. The van der Waals surface area contributed by atoms with Crippen LogP contribution < -0.4 is 10.6 Å². The number of hydrogen-bond acceptors (Lipinski definition) is 8. The summed E-state index contributed by atoms with van der Waals surface area (Å²) < 4.78 is 20.9. The van der Waals surface area contributed by atoms with Gasteiger partial charge in [0.15, 0.2) is 11.8 Å². The Balaban J connectivity index is 2.87. The molecule has 0 radical (unpaired) electrons. The highest BCUT2D eigenvalue weighted by Crippen LogP contribution is 2.10. The number of methoxy groups -OCH3 is 1. The molecule has 1 aliphatic heterocycles. The van der Waals surface area contributed by atoms with Crippen LogP contribution in [0.25, 0.3) is 0 Å². The van der Waals surface area contributed by atoms with E-state index in [1.165, 1.54) is 7.11 Å². The van der Waals surface area contributed by atoms with E-state index in [1.807, 2.05) is 0 Å². The fourth-order valence-corrected chi connectivity index (χ4v) is 2.64. The predicted octanol–water partition coefficient (Wildman–Crippen LogP) is 0.960. The van der Waals surface area contributed by atoms with Crippen molar-refractivity contribution in [2.24, 2.45) is 5.92 Å². The molecule has 1 fully saturated rings. The van der Waals surface area contributed by atoms with E-state index in [4.69, 9.17) is 18.9 Å². The zero-order chi connectivity index (χ0) is 22.7. The zero-order valence-electron chi connectivity index (χ0n) is 18.4. The number of ether oxygens (including phenoxy) is 4. The van der Waals surface area contributed by atoms with Crippen molar-refractivity contribution in [3.05, 3.63) is 0 Å². The van der Waals surface area contributed by atoms with Gasteiger partial charge in [-0.25, -0.2) is 9.59 Å². The van der Waals surface area contributed by atoms with Crippen LogP contribution in [0.4, 0.5) is 4.79 Å². The van der Waals surface area contributed by atoms with Crippen molar-refractivity contribution in [1.29, 1.82) is 0 Å². The van der Waals surface area contributed by atoms with Gasteiger partial charge in [0.25, 0.3) is 0 Å². The van der Waals surface area contributed by atoms with Crippen LogP contribution in [-0.4, -0.2) is 75.0 Å². The molecule has 1 aliphatic rings. The van der Waals surface area contributed by atoms with E-state index in [2.05, 4.69) is 10.6 Å². The van der Waals surface area contributed by atoms with Gasteiger partial charge in [0.2, 0.25) is 5.91 Å². The minimum atomic E-state index is -0.961. The van der Waals surface area contributed by atoms with E-state index < -0.39 is 41.6 Å². The number of alkyl carbamates (subject to hydrolysis) is 1. The number of rotatable bonds is 2. The number of Topliss-reactive ketones (excluding diaryl/α,β-unsaturated/α-hetero) is 1. The summed E-state index contributed by atoms with van der Waals surface area (Å²) in [7, 11) is 1.22. The maximum absolute atomic E-state index is 12.7. The van der Waals surface area contributed by atoms with Crippen molar-refractivity contribution in [3.63, 3.8) is 0 Å². The SMILES string of the molecule is COC(=O)[C@@H]1COCCCCOC[C@H](NC(=O)OC(C)(C)C)C(=O)C[C@@H](C)C(=O)N1. The smallest absolute Gasteiger partial charge is 0.408 e. The lowest BCUT2D eigenvalue weighted by atomic mass is 9.99.